The Hall–Kier alpha value is -2.80. The number of nitrogens with one attached hydrogen (secondary N) is 1. The van der Waals surface area contributed by atoms with E-state index >= 15 is 0 Å². The second-order valence-corrected chi connectivity index (χ2v) is 6.97. The number of amides is 1. The third-order valence-electron chi connectivity index (χ3n) is 5.11. The summed E-state index contributed by atoms with van der Waals surface area (Å²) in [7, 11) is 3.32. The maximum absolute atomic E-state index is 12.2. The lowest BCUT2D eigenvalue weighted by molar-refractivity contribution is 0.0949. The van der Waals surface area contributed by atoms with Crippen LogP contribution in [0.2, 0.25) is 0 Å². The van der Waals surface area contributed by atoms with Gasteiger partial charge in [-0.1, -0.05) is 0 Å². The summed E-state index contributed by atoms with van der Waals surface area (Å²) in [5.74, 6) is 0.573. The van der Waals surface area contributed by atoms with Crippen LogP contribution < -0.4 is 20.5 Å². The number of pyridine rings is 1. The quantitative estimate of drug-likeness (QED) is 0.730. The molecule has 7 heteroatoms. The zero-order chi connectivity index (χ0) is 19.9. The average Bonchev–Trinajstić information content (AvgIpc) is 2.73. The summed E-state index contributed by atoms with van der Waals surface area (Å²) in [6.45, 7) is 5.47. The molecular formula is C21H28N4O3. The number of anilines is 1. The second-order valence-electron chi connectivity index (χ2n) is 6.97. The molecule has 1 aromatic carbocycles. The predicted octanol–water partition coefficient (Wildman–Crippen LogP) is 1.34. The average molecular weight is 384 g/mol. The van der Waals surface area contributed by atoms with E-state index in [9.17, 15) is 9.59 Å². The van der Waals surface area contributed by atoms with Gasteiger partial charge in [0.05, 0.1) is 7.11 Å². The minimum Gasteiger partial charge on any atom is -0.497 e. The van der Waals surface area contributed by atoms with Crippen LogP contribution in [0, 0.1) is 0 Å². The Morgan fingerprint density at radius 3 is 2.50 bits per heavy atom. The number of rotatable bonds is 7. The maximum atomic E-state index is 12.2. The number of carbonyl (C=O) groups is 1. The van der Waals surface area contributed by atoms with E-state index in [1.807, 2.05) is 12.1 Å². The first-order valence-electron chi connectivity index (χ1n) is 9.63. The molecule has 0 aliphatic carbocycles. The molecule has 2 aromatic rings. The van der Waals surface area contributed by atoms with Crippen LogP contribution in [0.1, 0.15) is 16.8 Å². The van der Waals surface area contributed by atoms with Crippen LogP contribution in [-0.4, -0.2) is 61.8 Å². The molecule has 0 unspecified atom stereocenters. The highest BCUT2D eigenvalue weighted by Crippen LogP contribution is 2.20. The zero-order valence-electron chi connectivity index (χ0n) is 16.6. The van der Waals surface area contributed by atoms with Gasteiger partial charge in [0, 0.05) is 51.7 Å². The van der Waals surface area contributed by atoms with E-state index in [4.69, 9.17) is 4.74 Å². The number of ether oxygens (including phenoxy) is 1. The van der Waals surface area contributed by atoms with Crippen LogP contribution in [0.5, 0.6) is 5.75 Å². The van der Waals surface area contributed by atoms with Gasteiger partial charge in [0.2, 0.25) is 0 Å². The van der Waals surface area contributed by atoms with Gasteiger partial charge in [-0.15, -0.1) is 0 Å². The third-order valence-corrected chi connectivity index (χ3v) is 5.11. The summed E-state index contributed by atoms with van der Waals surface area (Å²) in [5, 5.41) is 2.85. The molecule has 0 bridgehead atoms. The fourth-order valence-electron chi connectivity index (χ4n) is 3.39. The second kappa shape index (κ2) is 9.41. The van der Waals surface area contributed by atoms with Crippen molar-refractivity contribution in [1.82, 2.24) is 14.8 Å². The van der Waals surface area contributed by atoms with Crippen LogP contribution >= 0.6 is 0 Å². The Labute approximate surface area is 165 Å². The first-order chi connectivity index (χ1) is 13.6. The largest absolute Gasteiger partial charge is 0.497 e. The summed E-state index contributed by atoms with van der Waals surface area (Å²) in [6.07, 6.45) is 2.51. The molecule has 3 rings (SSSR count). The lowest BCUT2D eigenvalue weighted by atomic mass is 10.2. The van der Waals surface area contributed by atoms with Crippen molar-refractivity contribution in [3.63, 3.8) is 0 Å². The van der Waals surface area contributed by atoms with Gasteiger partial charge in [-0.3, -0.25) is 14.5 Å². The molecule has 150 valence electrons. The predicted molar refractivity (Wildman–Crippen MR) is 110 cm³/mol. The molecule has 0 spiro atoms. The minimum absolute atomic E-state index is 0.193. The molecule has 0 radical (unpaired) electrons. The van der Waals surface area contributed by atoms with Gasteiger partial charge in [0.1, 0.15) is 11.3 Å². The van der Waals surface area contributed by atoms with Gasteiger partial charge in [0.25, 0.3) is 11.5 Å². The van der Waals surface area contributed by atoms with E-state index in [-0.39, 0.29) is 17.0 Å². The molecule has 1 N–H and O–H groups in total. The Kier molecular flexibility index (Phi) is 6.71. The normalized spacial score (nSPS) is 14.7. The van der Waals surface area contributed by atoms with Crippen molar-refractivity contribution in [2.45, 2.75) is 6.42 Å². The maximum Gasteiger partial charge on any atom is 0.263 e. The van der Waals surface area contributed by atoms with Crippen LogP contribution in [0.25, 0.3) is 0 Å². The van der Waals surface area contributed by atoms with Crippen LogP contribution in [-0.2, 0) is 7.05 Å². The molecule has 28 heavy (non-hydrogen) atoms. The summed E-state index contributed by atoms with van der Waals surface area (Å²) >= 11 is 0. The van der Waals surface area contributed by atoms with Crippen molar-refractivity contribution in [1.29, 1.82) is 0 Å². The van der Waals surface area contributed by atoms with Crippen LogP contribution in [0.4, 0.5) is 5.69 Å². The van der Waals surface area contributed by atoms with Crippen molar-refractivity contribution >= 4 is 11.6 Å². The molecular weight excluding hydrogens is 356 g/mol. The third kappa shape index (κ3) is 4.92. The topological polar surface area (TPSA) is 66.8 Å². The first kappa shape index (κ1) is 19.9. The van der Waals surface area contributed by atoms with Gasteiger partial charge in [-0.25, -0.2) is 0 Å². The molecule has 2 heterocycles. The molecule has 1 amide bonds. The number of methoxy groups -OCH3 is 1. The number of nitrogens with zero attached hydrogens (tertiary/aromatic N) is 3. The number of hydrogen-bond donors (Lipinski definition) is 1. The number of aryl methyl sites for hydroxylation is 1. The summed E-state index contributed by atoms with van der Waals surface area (Å²) in [5.41, 5.74) is 1.14. The van der Waals surface area contributed by atoms with Crippen molar-refractivity contribution < 1.29 is 9.53 Å². The molecule has 1 saturated heterocycles. The molecule has 1 fully saturated rings. The molecule has 0 saturated carbocycles. The van der Waals surface area contributed by atoms with Gasteiger partial charge in [0.15, 0.2) is 0 Å². The Balaban J connectivity index is 1.38. The van der Waals surface area contributed by atoms with E-state index in [0.29, 0.717) is 6.54 Å². The first-order valence-corrected chi connectivity index (χ1v) is 9.63. The Morgan fingerprint density at radius 2 is 1.82 bits per heavy atom. The highest BCUT2D eigenvalue weighted by molar-refractivity contribution is 5.93. The van der Waals surface area contributed by atoms with Crippen LogP contribution in [0.15, 0.2) is 47.4 Å². The molecule has 1 aromatic heterocycles. The smallest absolute Gasteiger partial charge is 0.263 e. The Morgan fingerprint density at radius 1 is 1.11 bits per heavy atom. The van der Waals surface area contributed by atoms with Crippen LogP contribution in [0.3, 0.4) is 0 Å². The zero-order valence-corrected chi connectivity index (χ0v) is 16.6. The monoisotopic (exact) mass is 384 g/mol. The fourth-order valence-corrected chi connectivity index (χ4v) is 3.39. The molecule has 1 aliphatic rings. The van der Waals surface area contributed by atoms with Crippen molar-refractivity contribution in [3.8, 4) is 5.75 Å². The lowest BCUT2D eigenvalue weighted by Crippen LogP contribution is -2.47. The van der Waals surface area contributed by atoms with E-state index in [1.165, 1.54) is 10.3 Å². The highest BCUT2D eigenvalue weighted by atomic mass is 16.5. The number of aromatic nitrogens is 1. The minimum atomic E-state index is -0.300. The number of piperazine rings is 1. The highest BCUT2D eigenvalue weighted by Gasteiger charge is 2.17. The standard InChI is InChI=1S/C21H28N4O3/c1-23-11-3-5-19(21(23)27)20(26)22-10-4-12-24-13-15-25(16-14-24)17-6-8-18(28-2)9-7-17/h3,5-9,11H,4,10,12-16H2,1-2H3,(H,22,26). The number of hydrogen-bond acceptors (Lipinski definition) is 5. The number of benzene rings is 1. The molecule has 7 nitrogen and oxygen atoms in total. The Bertz CT molecular complexity index is 839. The van der Waals surface area contributed by atoms with Crippen molar-refractivity contribution in [3.05, 3.63) is 58.5 Å². The van der Waals surface area contributed by atoms with E-state index in [0.717, 1.165) is 44.9 Å². The van der Waals surface area contributed by atoms with Crippen molar-refractivity contribution in [2.24, 2.45) is 7.05 Å². The molecule has 1 aliphatic heterocycles. The SMILES string of the molecule is COc1ccc(N2CCN(CCCNC(=O)c3cccn(C)c3=O)CC2)cc1. The summed E-state index contributed by atoms with van der Waals surface area (Å²) in [6, 6.07) is 11.4. The summed E-state index contributed by atoms with van der Waals surface area (Å²) in [4.78, 5) is 28.9. The van der Waals surface area contributed by atoms with Gasteiger partial charge < -0.3 is 19.5 Å². The van der Waals surface area contributed by atoms with Gasteiger partial charge >= 0.3 is 0 Å². The fraction of sp³-hybridized carbons (Fsp3) is 0.429. The van der Waals surface area contributed by atoms with Crippen molar-refractivity contribution in [2.75, 3.05) is 51.3 Å². The van der Waals surface area contributed by atoms with E-state index < -0.39 is 0 Å². The lowest BCUT2D eigenvalue weighted by Gasteiger charge is -2.36. The van der Waals surface area contributed by atoms with E-state index in [2.05, 4.69) is 27.2 Å². The number of carbonyl (C=O) groups excluding carboxylic acids is 1. The van der Waals surface area contributed by atoms with Gasteiger partial charge in [-0.2, -0.15) is 0 Å². The summed E-state index contributed by atoms with van der Waals surface area (Å²) < 4.78 is 6.62. The molecule has 0 atom stereocenters. The van der Waals surface area contributed by atoms with E-state index in [1.54, 1.807) is 32.5 Å². The van der Waals surface area contributed by atoms with Gasteiger partial charge in [-0.05, 0) is 49.4 Å².